The summed E-state index contributed by atoms with van der Waals surface area (Å²) in [5.74, 6) is 2.09. The van der Waals surface area contributed by atoms with Crippen molar-refractivity contribution in [3.63, 3.8) is 0 Å². The van der Waals surface area contributed by atoms with Gasteiger partial charge in [-0.25, -0.2) is 0 Å². The molecule has 7 nitrogen and oxygen atoms in total. The van der Waals surface area contributed by atoms with Gasteiger partial charge in [0.25, 0.3) is 0 Å². The van der Waals surface area contributed by atoms with Crippen molar-refractivity contribution in [2.75, 3.05) is 26.7 Å². The summed E-state index contributed by atoms with van der Waals surface area (Å²) >= 11 is 0. The average molecular weight is 334 g/mol. The van der Waals surface area contributed by atoms with Gasteiger partial charge in [0.2, 0.25) is 17.7 Å². The quantitative estimate of drug-likeness (QED) is 0.759. The van der Waals surface area contributed by atoms with Crippen molar-refractivity contribution in [2.45, 2.75) is 57.3 Å². The number of likely N-dealkylation sites (N-methyl/N-ethyl adjacent to an activating group) is 1. The molecule has 1 aromatic rings. The third kappa shape index (κ3) is 4.55. The highest BCUT2D eigenvalue weighted by molar-refractivity contribution is 5.79. The van der Waals surface area contributed by atoms with Crippen molar-refractivity contribution in [1.29, 1.82) is 0 Å². The Kier molecular flexibility index (Phi) is 5.48. The van der Waals surface area contributed by atoms with E-state index >= 15 is 0 Å². The lowest BCUT2D eigenvalue weighted by Crippen LogP contribution is -2.36. The van der Waals surface area contributed by atoms with Gasteiger partial charge in [0.05, 0.1) is 0 Å². The van der Waals surface area contributed by atoms with Gasteiger partial charge in [0.1, 0.15) is 0 Å². The maximum Gasteiger partial charge on any atom is 0.229 e. The van der Waals surface area contributed by atoms with E-state index in [4.69, 9.17) is 4.52 Å². The number of nitrogens with zero attached hydrogens (tertiary/aromatic N) is 4. The second-order valence-corrected chi connectivity index (χ2v) is 6.83. The zero-order valence-electron chi connectivity index (χ0n) is 14.4. The van der Waals surface area contributed by atoms with Crippen molar-refractivity contribution in [2.24, 2.45) is 0 Å². The summed E-state index contributed by atoms with van der Waals surface area (Å²) in [5, 5.41) is 3.97. The Morgan fingerprint density at radius 3 is 2.96 bits per heavy atom. The second-order valence-electron chi connectivity index (χ2n) is 6.83. The van der Waals surface area contributed by atoms with Crippen molar-refractivity contribution < 1.29 is 14.1 Å². The Morgan fingerprint density at radius 1 is 1.33 bits per heavy atom. The molecule has 3 rings (SSSR count). The van der Waals surface area contributed by atoms with Crippen molar-refractivity contribution >= 4 is 11.8 Å². The molecule has 0 atom stereocenters. The lowest BCUT2D eigenvalue weighted by molar-refractivity contribution is -0.133. The molecule has 0 unspecified atom stereocenters. The number of rotatable bonds is 7. The standard InChI is InChI=1S/C17H26N4O3/c1-20(11-8-14-18-17(24-19-14)13-6-7-13)15(22)9-12-21-10-4-2-3-5-16(21)23/h13H,2-12H2,1H3. The topological polar surface area (TPSA) is 79.5 Å². The maximum absolute atomic E-state index is 12.2. The number of hydrogen-bond donors (Lipinski definition) is 0. The normalized spacial score (nSPS) is 18.5. The highest BCUT2D eigenvalue weighted by atomic mass is 16.5. The van der Waals surface area contributed by atoms with Crippen LogP contribution < -0.4 is 0 Å². The molecular weight excluding hydrogens is 308 g/mol. The molecule has 0 radical (unpaired) electrons. The fraction of sp³-hybridized carbons (Fsp3) is 0.765. The molecular formula is C17H26N4O3. The molecule has 7 heteroatoms. The Balaban J connectivity index is 1.39. The van der Waals surface area contributed by atoms with Crippen LogP contribution in [-0.2, 0) is 16.0 Å². The minimum Gasteiger partial charge on any atom is -0.345 e. The molecule has 24 heavy (non-hydrogen) atoms. The molecule has 1 aliphatic heterocycles. The average Bonchev–Trinajstić information content (AvgIpc) is 3.36. The zero-order chi connectivity index (χ0) is 16.9. The third-order valence-electron chi connectivity index (χ3n) is 4.77. The minimum atomic E-state index is 0.0537. The Morgan fingerprint density at radius 2 is 2.17 bits per heavy atom. The molecule has 1 aliphatic carbocycles. The van der Waals surface area contributed by atoms with Crippen LogP contribution in [0.15, 0.2) is 4.52 Å². The molecule has 0 N–H and O–H groups in total. The van der Waals surface area contributed by atoms with Crippen LogP contribution in [0.1, 0.15) is 62.6 Å². The summed E-state index contributed by atoms with van der Waals surface area (Å²) in [6, 6.07) is 0. The largest absolute Gasteiger partial charge is 0.345 e. The van der Waals surface area contributed by atoms with Crippen LogP contribution in [0.2, 0.25) is 0 Å². The van der Waals surface area contributed by atoms with Crippen molar-refractivity contribution in [3.8, 4) is 0 Å². The summed E-state index contributed by atoms with van der Waals surface area (Å²) in [6.07, 6.45) is 6.97. The first-order valence-electron chi connectivity index (χ1n) is 8.97. The predicted octanol–water partition coefficient (Wildman–Crippen LogP) is 1.74. The Hall–Kier alpha value is -1.92. The van der Waals surface area contributed by atoms with E-state index in [9.17, 15) is 9.59 Å². The number of amides is 2. The molecule has 2 fully saturated rings. The first-order chi connectivity index (χ1) is 11.6. The lowest BCUT2D eigenvalue weighted by Gasteiger charge is -2.22. The van der Waals surface area contributed by atoms with Crippen LogP contribution in [0.3, 0.4) is 0 Å². The van der Waals surface area contributed by atoms with E-state index in [-0.39, 0.29) is 11.8 Å². The number of likely N-dealkylation sites (tertiary alicyclic amines) is 1. The molecule has 1 saturated carbocycles. The van der Waals surface area contributed by atoms with Crippen molar-refractivity contribution in [1.82, 2.24) is 19.9 Å². The fourth-order valence-corrected chi connectivity index (χ4v) is 2.95. The second kappa shape index (κ2) is 7.77. The van der Waals surface area contributed by atoms with E-state index < -0.39 is 0 Å². The molecule has 0 bridgehead atoms. The summed E-state index contributed by atoms with van der Waals surface area (Å²) in [4.78, 5) is 32.1. The molecule has 0 aromatic carbocycles. The highest BCUT2D eigenvalue weighted by Crippen LogP contribution is 2.38. The van der Waals surface area contributed by atoms with Gasteiger partial charge in [0, 0.05) is 51.9 Å². The number of carbonyl (C=O) groups is 2. The van der Waals surface area contributed by atoms with E-state index in [1.54, 1.807) is 11.9 Å². The molecule has 132 valence electrons. The SMILES string of the molecule is CN(CCc1noc(C2CC2)n1)C(=O)CCN1CCCCCC1=O. The van der Waals surface area contributed by atoms with E-state index in [0.717, 1.165) is 44.5 Å². The lowest BCUT2D eigenvalue weighted by atomic mass is 10.2. The first-order valence-corrected chi connectivity index (χ1v) is 8.97. The zero-order valence-corrected chi connectivity index (χ0v) is 14.4. The Labute approximate surface area is 142 Å². The monoisotopic (exact) mass is 334 g/mol. The predicted molar refractivity (Wildman–Crippen MR) is 87.3 cm³/mol. The van der Waals surface area contributed by atoms with Crippen LogP contribution >= 0.6 is 0 Å². The summed E-state index contributed by atoms with van der Waals surface area (Å²) in [6.45, 7) is 1.87. The number of hydrogen-bond acceptors (Lipinski definition) is 5. The van der Waals surface area contributed by atoms with Gasteiger partial charge in [-0.2, -0.15) is 4.98 Å². The van der Waals surface area contributed by atoms with Crippen LogP contribution in [0.4, 0.5) is 0 Å². The van der Waals surface area contributed by atoms with Gasteiger partial charge in [-0.3, -0.25) is 9.59 Å². The van der Waals surface area contributed by atoms with E-state index in [0.29, 0.717) is 44.1 Å². The molecule has 1 aromatic heterocycles. The van der Waals surface area contributed by atoms with Crippen LogP contribution in [0.25, 0.3) is 0 Å². The first kappa shape index (κ1) is 16.9. The van der Waals surface area contributed by atoms with E-state index in [1.807, 2.05) is 4.90 Å². The molecule has 0 spiro atoms. The van der Waals surface area contributed by atoms with Crippen LogP contribution in [-0.4, -0.2) is 58.4 Å². The summed E-state index contributed by atoms with van der Waals surface area (Å²) in [5.41, 5.74) is 0. The Bertz CT molecular complexity index is 582. The number of carbonyl (C=O) groups excluding carboxylic acids is 2. The summed E-state index contributed by atoms with van der Waals surface area (Å²) in [7, 11) is 1.79. The van der Waals surface area contributed by atoms with Crippen LogP contribution in [0, 0.1) is 0 Å². The van der Waals surface area contributed by atoms with Gasteiger partial charge in [0.15, 0.2) is 5.82 Å². The fourth-order valence-electron chi connectivity index (χ4n) is 2.95. The van der Waals surface area contributed by atoms with Gasteiger partial charge >= 0.3 is 0 Å². The summed E-state index contributed by atoms with van der Waals surface area (Å²) < 4.78 is 5.22. The minimum absolute atomic E-state index is 0.0537. The molecule has 2 aliphatic rings. The maximum atomic E-state index is 12.2. The molecule has 2 amide bonds. The number of aromatic nitrogens is 2. The smallest absolute Gasteiger partial charge is 0.229 e. The van der Waals surface area contributed by atoms with Gasteiger partial charge in [-0.05, 0) is 25.7 Å². The van der Waals surface area contributed by atoms with Gasteiger partial charge in [-0.15, -0.1) is 0 Å². The van der Waals surface area contributed by atoms with Gasteiger partial charge in [-0.1, -0.05) is 11.6 Å². The molecule has 1 saturated heterocycles. The van der Waals surface area contributed by atoms with Gasteiger partial charge < -0.3 is 14.3 Å². The van der Waals surface area contributed by atoms with Crippen molar-refractivity contribution in [3.05, 3.63) is 11.7 Å². The van der Waals surface area contributed by atoms with E-state index in [2.05, 4.69) is 10.1 Å². The third-order valence-corrected chi connectivity index (χ3v) is 4.77. The van der Waals surface area contributed by atoms with Crippen LogP contribution in [0.5, 0.6) is 0 Å². The van der Waals surface area contributed by atoms with E-state index in [1.165, 1.54) is 0 Å². The highest BCUT2D eigenvalue weighted by Gasteiger charge is 2.29. The molecule has 2 heterocycles.